The van der Waals surface area contributed by atoms with Crippen LogP contribution in [0.15, 0.2) is 12.7 Å². The van der Waals surface area contributed by atoms with Gasteiger partial charge in [-0.3, -0.25) is 8.57 Å². The van der Waals surface area contributed by atoms with Crippen molar-refractivity contribution in [2.24, 2.45) is 5.73 Å². The molecule has 0 aliphatic heterocycles. The molecule has 0 radical (unpaired) electrons. The largest absolute Gasteiger partial charge is 0.327 e. The maximum Gasteiger partial charge on any atom is 0.267 e. The molecule has 0 unspecified atom stereocenters. The third-order valence-corrected chi connectivity index (χ3v) is 5.77. The van der Waals surface area contributed by atoms with E-state index < -0.39 is 10.1 Å². The minimum Gasteiger partial charge on any atom is -0.327 e. The third-order valence-electron chi connectivity index (χ3n) is 4.46. The zero-order chi connectivity index (χ0) is 21.3. The van der Waals surface area contributed by atoms with Crippen molar-refractivity contribution in [3.63, 3.8) is 0 Å². The number of halogens is 1. The highest BCUT2D eigenvalue weighted by atomic mass is 32.2. The Morgan fingerprint density at radius 1 is 0.821 bits per heavy atom. The first-order chi connectivity index (χ1) is 13.5. The molecule has 0 atom stereocenters. The van der Waals surface area contributed by atoms with E-state index in [4.69, 9.17) is 9.92 Å². The van der Waals surface area contributed by atoms with Gasteiger partial charge in [0.1, 0.15) is 0 Å². The van der Waals surface area contributed by atoms with Gasteiger partial charge < -0.3 is 5.73 Å². The molecule has 0 aromatic heterocycles. The molecule has 4 nitrogen and oxygen atoms in total. The standard InChI is InChI=1S/C19H39FO3S.C3H7N/c1-2-3-4-5-6-7-9-12-15-18-23-24(21,22)19-16-13-10-8-11-14-17-20;1-2-3-4/h2-19H2,1H3;2H,1,3-4H2. The summed E-state index contributed by atoms with van der Waals surface area (Å²) in [5, 5.41) is 0. The average molecular weight is 424 g/mol. The smallest absolute Gasteiger partial charge is 0.267 e. The molecule has 2 N–H and O–H groups in total. The lowest BCUT2D eigenvalue weighted by atomic mass is 10.1. The molecular formula is C22H46FNO3S. The van der Waals surface area contributed by atoms with Crippen LogP contribution in [-0.4, -0.2) is 34.0 Å². The van der Waals surface area contributed by atoms with E-state index in [0.29, 0.717) is 26.0 Å². The van der Waals surface area contributed by atoms with Crippen LogP contribution in [0.2, 0.25) is 0 Å². The fourth-order valence-electron chi connectivity index (χ4n) is 2.74. The second-order valence-corrected chi connectivity index (χ2v) is 9.01. The topological polar surface area (TPSA) is 69.4 Å². The van der Waals surface area contributed by atoms with E-state index in [0.717, 1.165) is 38.5 Å². The molecule has 0 amide bonds. The maximum atomic E-state index is 11.9. The van der Waals surface area contributed by atoms with Crippen LogP contribution in [0.1, 0.15) is 103 Å². The lowest BCUT2D eigenvalue weighted by Crippen LogP contribution is -2.11. The van der Waals surface area contributed by atoms with Gasteiger partial charge in [0.15, 0.2) is 0 Å². The molecule has 0 fully saturated rings. The summed E-state index contributed by atoms with van der Waals surface area (Å²) in [6, 6.07) is 0. The zero-order valence-electron chi connectivity index (χ0n) is 18.3. The van der Waals surface area contributed by atoms with Gasteiger partial charge in [-0.2, -0.15) is 8.42 Å². The van der Waals surface area contributed by atoms with Gasteiger partial charge in [0.2, 0.25) is 0 Å². The van der Waals surface area contributed by atoms with Crippen LogP contribution in [0, 0.1) is 0 Å². The summed E-state index contributed by atoms with van der Waals surface area (Å²) >= 11 is 0. The third kappa shape index (κ3) is 27.8. The molecule has 0 rings (SSSR count). The highest BCUT2D eigenvalue weighted by molar-refractivity contribution is 7.86. The molecule has 0 aliphatic rings. The summed E-state index contributed by atoms with van der Waals surface area (Å²) in [6.45, 7) is 6.24. The zero-order valence-corrected chi connectivity index (χ0v) is 19.1. The van der Waals surface area contributed by atoms with E-state index >= 15 is 0 Å². The Hall–Kier alpha value is -0.460. The van der Waals surface area contributed by atoms with E-state index in [2.05, 4.69) is 13.5 Å². The van der Waals surface area contributed by atoms with Gasteiger partial charge in [-0.25, -0.2) is 0 Å². The van der Waals surface area contributed by atoms with Crippen LogP contribution in [0.25, 0.3) is 0 Å². The fraction of sp³-hybridized carbons (Fsp3) is 0.909. The average Bonchev–Trinajstić information content (AvgIpc) is 2.69. The number of hydrogen-bond donors (Lipinski definition) is 1. The summed E-state index contributed by atoms with van der Waals surface area (Å²) in [5.41, 5.74) is 4.91. The normalized spacial score (nSPS) is 11.1. The Kier molecular flexibility index (Phi) is 26.1. The molecular weight excluding hydrogens is 377 g/mol. The first-order valence-electron chi connectivity index (χ1n) is 11.3. The summed E-state index contributed by atoms with van der Waals surface area (Å²) in [4.78, 5) is 0. The van der Waals surface area contributed by atoms with Crippen molar-refractivity contribution in [3.8, 4) is 0 Å². The molecule has 0 spiro atoms. The maximum absolute atomic E-state index is 11.9. The second kappa shape index (κ2) is 24.6. The van der Waals surface area contributed by atoms with E-state index in [1.807, 2.05) is 0 Å². The van der Waals surface area contributed by atoms with Crippen LogP contribution in [-0.2, 0) is 14.3 Å². The molecule has 0 aromatic carbocycles. The lowest BCUT2D eigenvalue weighted by molar-refractivity contribution is 0.305. The van der Waals surface area contributed by atoms with Gasteiger partial charge in [0, 0.05) is 6.54 Å². The predicted molar refractivity (Wildman–Crippen MR) is 120 cm³/mol. The van der Waals surface area contributed by atoms with Crippen LogP contribution in [0.3, 0.4) is 0 Å². The Morgan fingerprint density at radius 3 is 1.71 bits per heavy atom. The predicted octanol–water partition coefficient (Wildman–Crippen LogP) is 6.30. The van der Waals surface area contributed by atoms with Crippen LogP contribution < -0.4 is 5.73 Å². The van der Waals surface area contributed by atoms with Gasteiger partial charge in [-0.05, 0) is 19.3 Å². The fourth-order valence-corrected chi connectivity index (χ4v) is 3.79. The molecule has 0 aliphatic carbocycles. The molecule has 6 heteroatoms. The van der Waals surface area contributed by atoms with Crippen LogP contribution in [0.4, 0.5) is 4.39 Å². The van der Waals surface area contributed by atoms with Crippen molar-refractivity contribution in [1.29, 1.82) is 0 Å². The highest BCUT2D eigenvalue weighted by Crippen LogP contribution is 2.11. The summed E-state index contributed by atoms with van der Waals surface area (Å²) < 4.78 is 40.4. The summed E-state index contributed by atoms with van der Waals surface area (Å²) in [7, 11) is -3.35. The van der Waals surface area contributed by atoms with Gasteiger partial charge in [0.05, 0.1) is 19.0 Å². The Labute approximate surface area is 174 Å². The van der Waals surface area contributed by atoms with E-state index in [9.17, 15) is 12.8 Å². The van der Waals surface area contributed by atoms with Crippen molar-refractivity contribution in [2.45, 2.75) is 103 Å². The SMILES string of the molecule is C=CCN.CCCCCCCCCCCOS(=O)(=O)CCCCCCCCF. The number of unbranched alkanes of at least 4 members (excludes halogenated alkanes) is 13. The number of alkyl halides is 1. The van der Waals surface area contributed by atoms with Crippen molar-refractivity contribution in [3.05, 3.63) is 12.7 Å². The minimum atomic E-state index is -3.35. The number of hydrogen-bond acceptors (Lipinski definition) is 4. The first kappa shape index (κ1) is 29.7. The first-order valence-corrected chi connectivity index (χ1v) is 12.9. The molecule has 0 bridgehead atoms. The lowest BCUT2D eigenvalue weighted by Gasteiger charge is -2.06. The van der Waals surface area contributed by atoms with Crippen LogP contribution >= 0.6 is 0 Å². The molecule has 0 heterocycles. The number of rotatable bonds is 20. The molecule has 28 heavy (non-hydrogen) atoms. The van der Waals surface area contributed by atoms with Crippen LogP contribution in [0.5, 0.6) is 0 Å². The Morgan fingerprint density at radius 2 is 1.25 bits per heavy atom. The molecule has 0 saturated carbocycles. The second-order valence-electron chi connectivity index (χ2n) is 7.25. The molecule has 0 aromatic rings. The number of nitrogens with two attached hydrogens (primary N) is 1. The van der Waals surface area contributed by atoms with E-state index in [-0.39, 0.29) is 12.4 Å². The minimum absolute atomic E-state index is 0.119. The van der Waals surface area contributed by atoms with E-state index in [1.54, 1.807) is 6.08 Å². The summed E-state index contributed by atoms with van der Waals surface area (Å²) in [6.07, 6.45) is 17.6. The highest BCUT2D eigenvalue weighted by Gasteiger charge is 2.10. The monoisotopic (exact) mass is 423 g/mol. The Balaban J connectivity index is 0. The molecule has 0 saturated heterocycles. The quantitative estimate of drug-likeness (QED) is 0.142. The molecule has 170 valence electrons. The van der Waals surface area contributed by atoms with E-state index in [1.165, 1.54) is 44.9 Å². The van der Waals surface area contributed by atoms with Gasteiger partial charge >= 0.3 is 0 Å². The van der Waals surface area contributed by atoms with Gasteiger partial charge in [-0.15, -0.1) is 6.58 Å². The van der Waals surface area contributed by atoms with Crippen molar-refractivity contribution in [2.75, 3.05) is 25.6 Å². The van der Waals surface area contributed by atoms with Crippen molar-refractivity contribution < 1.29 is 17.0 Å². The van der Waals surface area contributed by atoms with Gasteiger partial charge in [-0.1, -0.05) is 90.0 Å². The van der Waals surface area contributed by atoms with Gasteiger partial charge in [0.25, 0.3) is 10.1 Å². The Bertz CT molecular complexity index is 403. The van der Waals surface area contributed by atoms with Crippen molar-refractivity contribution >= 4 is 10.1 Å². The summed E-state index contributed by atoms with van der Waals surface area (Å²) in [5.74, 6) is 0.119. The van der Waals surface area contributed by atoms with Crippen molar-refractivity contribution in [1.82, 2.24) is 0 Å².